The van der Waals surface area contributed by atoms with Crippen LogP contribution in [0.25, 0.3) is 11.4 Å². The summed E-state index contributed by atoms with van der Waals surface area (Å²) in [6.45, 7) is 3.04. The number of likely N-dealkylation sites (tertiary alicyclic amines) is 1. The Bertz CT molecular complexity index is 785. The maximum absolute atomic E-state index is 7.71. The lowest BCUT2D eigenvalue weighted by Crippen LogP contribution is -2.35. The zero-order valence-corrected chi connectivity index (χ0v) is 19.1. The Kier molecular flexibility index (Phi) is 9.38. The number of benzene rings is 1. The Morgan fingerprint density at radius 1 is 1.03 bits per heavy atom. The summed E-state index contributed by atoms with van der Waals surface area (Å²) in [6.07, 6.45) is 16.7. The number of aryl methyl sites for hydroxylation is 1. The normalized spacial score (nSPS) is 16.2. The van der Waals surface area contributed by atoms with Crippen LogP contribution >= 0.6 is 0 Å². The third-order valence-corrected chi connectivity index (χ3v) is 6.32. The molecule has 31 heavy (non-hydrogen) atoms. The van der Waals surface area contributed by atoms with Crippen LogP contribution in [0.2, 0.25) is 0 Å². The molecule has 2 heterocycles. The van der Waals surface area contributed by atoms with Crippen molar-refractivity contribution in [3.05, 3.63) is 35.7 Å². The zero-order chi connectivity index (χ0) is 21.9. The van der Waals surface area contributed by atoms with Crippen molar-refractivity contribution in [2.24, 2.45) is 5.73 Å². The van der Waals surface area contributed by atoms with Gasteiger partial charge in [-0.3, -0.25) is 5.41 Å². The molecule has 3 rings (SSSR count). The summed E-state index contributed by atoms with van der Waals surface area (Å²) in [4.78, 5) is 6.41. The molecule has 0 amide bonds. The van der Waals surface area contributed by atoms with Crippen LogP contribution in [-0.4, -0.2) is 27.5 Å². The molecule has 0 radical (unpaired) electrons. The van der Waals surface area contributed by atoms with E-state index in [0.29, 0.717) is 11.7 Å². The number of aromatic nitrogens is 2. The quantitative estimate of drug-likeness (QED) is 0.225. The van der Waals surface area contributed by atoms with Crippen molar-refractivity contribution in [3.8, 4) is 11.4 Å². The Morgan fingerprint density at radius 3 is 2.32 bits per heavy atom. The van der Waals surface area contributed by atoms with Gasteiger partial charge in [-0.25, -0.2) is 0 Å². The van der Waals surface area contributed by atoms with E-state index in [9.17, 15) is 0 Å². The van der Waals surface area contributed by atoms with Crippen LogP contribution in [0.15, 0.2) is 28.8 Å². The number of rotatable bonds is 13. The molecule has 1 saturated heterocycles. The highest BCUT2D eigenvalue weighted by Gasteiger charge is 2.31. The first-order valence-electron chi connectivity index (χ1n) is 12.2. The summed E-state index contributed by atoms with van der Waals surface area (Å²) >= 11 is 0. The van der Waals surface area contributed by atoms with Crippen molar-refractivity contribution in [1.82, 2.24) is 15.0 Å². The van der Waals surface area contributed by atoms with Crippen molar-refractivity contribution in [2.45, 2.75) is 96.4 Å². The van der Waals surface area contributed by atoms with Crippen molar-refractivity contribution in [1.29, 1.82) is 5.41 Å². The van der Waals surface area contributed by atoms with E-state index in [0.717, 1.165) is 31.4 Å². The molecule has 1 aromatic carbocycles. The fourth-order valence-corrected chi connectivity index (χ4v) is 4.44. The Morgan fingerprint density at radius 2 is 1.68 bits per heavy atom. The van der Waals surface area contributed by atoms with Crippen LogP contribution < -0.4 is 5.73 Å². The molecule has 170 valence electrons. The second-order valence-electron chi connectivity index (χ2n) is 8.82. The molecule has 0 bridgehead atoms. The molecular formula is C25H39N5O. The molecule has 3 N–H and O–H groups in total. The maximum atomic E-state index is 7.71. The summed E-state index contributed by atoms with van der Waals surface area (Å²) in [6, 6.07) is 8.44. The second-order valence-corrected chi connectivity index (χ2v) is 8.82. The molecule has 6 nitrogen and oxygen atoms in total. The van der Waals surface area contributed by atoms with Crippen molar-refractivity contribution >= 4 is 5.96 Å². The van der Waals surface area contributed by atoms with E-state index >= 15 is 0 Å². The zero-order valence-electron chi connectivity index (χ0n) is 19.1. The minimum absolute atomic E-state index is 0.0681. The molecule has 1 aliphatic heterocycles. The van der Waals surface area contributed by atoms with Gasteiger partial charge in [0.15, 0.2) is 5.96 Å². The lowest BCUT2D eigenvalue weighted by Gasteiger charge is -2.21. The maximum Gasteiger partial charge on any atom is 0.249 e. The van der Waals surface area contributed by atoms with E-state index in [2.05, 4.69) is 41.3 Å². The molecule has 1 aliphatic rings. The summed E-state index contributed by atoms with van der Waals surface area (Å²) in [7, 11) is 0. The van der Waals surface area contributed by atoms with E-state index in [1.807, 2.05) is 4.90 Å². The number of nitrogens with zero attached hydrogens (tertiary/aromatic N) is 3. The predicted molar refractivity (Wildman–Crippen MR) is 126 cm³/mol. The largest absolute Gasteiger partial charge is 0.370 e. The lowest BCUT2D eigenvalue weighted by molar-refractivity contribution is 0.283. The first kappa shape index (κ1) is 23.3. The number of hydrogen-bond donors (Lipinski definition) is 2. The van der Waals surface area contributed by atoms with E-state index < -0.39 is 0 Å². The van der Waals surface area contributed by atoms with Crippen molar-refractivity contribution in [2.75, 3.05) is 6.54 Å². The highest BCUT2D eigenvalue weighted by Crippen LogP contribution is 2.31. The van der Waals surface area contributed by atoms with Gasteiger partial charge in [0, 0.05) is 12.1 Å². The number of nitrogens with two attached hydrogens (primary N) is 1. The van der Waals surface area contributed by atoms with Crippen molar-refractivity contribution in [3.63, 3.8) is 0 Å². The van der Waals surface area contributed by atoms with E-state index in [4.69, 9.17) is 15.7 Å². The molecule has 1 fully saturated rings. The number of unbranched alkanes of at least 4 members (excludes halogenated alkanes) is 9. The van der Waals surface area contributed by atoms with Crippen LogP contribution in [0, 0.1) is 5.41 Å². The van der Waals surface area contributed by atoms with Gasteiger partial charge in [0.2, 0.25) is 11.7 Å². The Labute approximate surface area is 187 Å². The van der Waals surface area contributed by atoms with Gasteiger partial charge in [0.05, 0.1) is 0 Å². The summed E-state index contributed by atoms with van der Waals surface area (Å²) in [5.41, 5.74) is 8.01. The van der Waals surface area contributed by atoms with Crippen LogP contribution in [-0.2, 0) is 6.42 Å². The van der Waals surface area contributed by atoms with Crippen molar-refractivity contribution < 1.29 is 4.52 Å². The third-order valence-electron chi connectivity index (χ3n) is 6.32. The fraction of sp³-hybridized carbons (Fsp3) is 0.640. The summed E-state index contributed by atoms with van der Waals surface area (Å²) < 4.78 is 5.50. The van der Waals surface area contributed by atoms with Crippen LogP contribution in [0.5, 0.6) is 0 Å². The molecule has 2 aromatic rings. The van der Waals surface area contributed by atoms with Gasteiger partial charge < -0.3 is 15.2 Å². The standard InChI is InChI=1S/C25H39N5O/c1-2-3-4-5-6-7-8-9-10-11-13-20-15-17-21(18-16-20)23-28-24(31-29-23)22-14-12-19-30(22)25(26)27/h15-18,22H,2-14,19H2,1H3,(H3,26,27)/t22-/m1/s1. The highest BCUT2D eigenvalue weighted by molar-refractivity contribution is 5.75. The average molecular weight is 426 g/mol. The molecule has 0 spiro atoms. The van der Waals surface area contributed by atoms with Crippen LogP contribution in [0.4, 0.5) is 0 Å². The average Bonchev–Trinajstić information content (AvgIpc) is 3.45. The van der Waals surface area contributed by atoms with E-state index in [1.165, 1.54) is 69.8 Å². The molecule has 1 aromatic heterocycles. The fourth-order valence-electron chi connectivity index (χ4n) is 4.44. The van der Waals surface area contributed by atoms with Crippen LogP contribution in [0.3, 0.4) is 0 Å². The topological polar surface area (TPSA) is 92.0 Å². The second kappa shape index (κ2) is 12.5. The van der Waals surface area contributed by atoms with Gasteiger partial charge in [-0.2, -0.15) is 4.98 Å². The third kappa shape index (κ3) is 7.08. The van der Waals surface area contributed by atoms with E-state index in [-0.39, 0.29) is 12.0 Å². The van der Waals surface area contributed by atoms with Crippen LogP contribution in [0.1, 0.15) is 101 Å². The SMILES string of the molecule is CCCCCCCCCCCCc1ccc(-c2noc([C@H]3CCCN3C(=N)N)n2)cc1. The highest BCUT2D eigenvalue weighted by atomic mass is 16.5. The summed E-state index contributed by atoms with van der Waals surface area (Å²) in [5, 5.41) is 11.9. The summed E-state index contributed by atoms with van der Waals surface area (Å²) in [5.74, 6) is 1.23. The molecule has 6 heteroatoms. The van der Waals surface area contributed by atoms with Gasteiger partial charge in [0.25, 0.3) is 0 Å². The number of nitrogens with one attached hydrogen (secondary N) is 1. The minimum atomic E-state index is -0.0747. The molecule has 0 unspecified atom stereocenters. The van der Waals surface area contributed by atoms with E-state index in [1.54, 1.807) is 0 Å². The lowest BCUT2D eigenvalue weighted by atomic mass is 10.0. The number of hydrogen-bond acceptors (Lipinski definition) is 4. The molecular weight excluding hydrogens is 386 g/mol. The van der Waals surface area contributed by atoms with Gasteiger partial charge in [-0.05, 0) is 31.2 Å². The van der Waals surface area contributed by atoms with Gasteiger partial charge in [-0.15, -0.1) is 0 Å². The Balaban J connectivity index is 1.38. The monoisotopic (exact) mass is 425 g/mol. The molecule has 0 aliphatic carbocycles. The molecule has 1 atom stereocenters. The first-order valence-corrected chi connectivity index (χ1v) is 12.2. The van der Waals surface area contributed by atoms with Gasteiger partial charge >= 0.3 is 0 Å². The smallest absolute Gasteiger partial charge is 0.249 e. The first-order chi connectivity index (χ1) is 15.2. The number of guanidine groups is 1. The minimum Gasteiger partial charge on any atom is -0.370 e. The predicted octanol–water partition coefficient (Wildman–Crippen LogP) is 6.23. The van der Waals surface area contributed by atoms with Gasteiger partial charge in [0.1, 0.15) is 6.04 Å². The Hall–Kier alpha value is -2.37. The van der Waals surface area contributed by atoms with Gasteiger partial charge in [-0.1, -0.05) is 94.1 Å². The molecule has 0 saturated carbocycles.